The molecule has 4 heteroatoms. The van der Waals surface area contributed by atoms with E-state index in [1.807, 2.05) is 6.07 Å². The maximum atomic E-state index is 5.35. The van der Waals surface area contributed by atoms with E-state index in [-0.39, 0.29) is 0 Å². The number of rotatable bonds is 4. The first-order valence-electron chi connectivity index (χ1n) is 6.89. The molecule has 0 bridgehead atoms. The van der Waals surface area contributed by atoms with Crippen molar-refractivity contribution < 1.29 is 9.47 Å². The predicted molar refractivity (Wildman–Crippen MR) is 76.9 cm³/mol. The van der Waals surface area contributed by atoms with Gasteiger partial charge in [-0.15, -0.1) is 0 Å². The fraction of sp³-hybridized carbons (Fsp3) is 0.600. The van der Waals surface area contributed by atoms with Crippen LogP contribution >= 0.6 is 0 Å². The molecule has 0 spiro atoms. The van der Waals surface area contributed by atoms with Crippen LogP contribution in [0.25, 0.3) is 0 Å². The number of ether oxygens (including phenoxy) is 2. The molecule has 1 unspecified atom stereocenters. The highest BCUT2D eigenvalue weighted by atomic mass is 16.5. The van der Waals surface area contributed by atoms with Crippen molar-refractivity contribution in [2.75, 3.05) is 33.9 Å². The average Bonchev–Trinajstić information content (AvgIpc) is 2.63. The predicted octanol–water partition coefficient (Wildman–Crippen LogP) is 1.89. The molecule has 106 valence electrons. The Bertz CT molecular complexity index is 409. The number of benzene rings is 1. The molecule has 4 nitrogen and oxygen atoms in total. The van der Waals surface area contributed by atoms with Crippen LogP contribution < -0.4 is 14.8 Å². The molecule has 1 aliphatic rings. The van der Waals surface area contributed by atoms with E-state index < -0.39 is 0 Å². The number of hydrogen-bond donors (Lipinski definition) is 1. The van der Waals surface area contributed by atoms with Crippen molar-refractivity contribution in [1.82, 2.24) is 10.2 Å². The van der Waals surface area contributed by atoms with E-state index in [4.69, 9.17) is 9.47 Å². The Balaban J connectivity index is 2.02. The van der Waals surface area contributed by atoms with E-state index in [1.54, 1.807) is 14.2 Å². The van der Waals surface area contributed by atoms with E-state index in [9.17, 15) is 0 Å². The third kappa shape index (κ3) is 3.85. The van der Waals surface area contributed by atoms with E-state index in [0.29, 0.717) is 6.04 Å². The Labute approximate surface area is 115 Å². The minimum Gasteiger partial charge on any atom is -0.493 e. The normalized spacial score (nSPS) is 20.9. The van der Waals surface area contributed by atoms with Gasteiger partial charge in [-0.2, -0.15) is 0 Å². The lowest BCUT2D eigenvalue weighted by Gasteiger charge is -2.20. The standard InChI is InChI=1S/C15H24N2O2/c1-12-6-8-17(9-7-16-12)11-13-4-5-14(18-2)15(10-13)19-3/h4-5,10,12,16H,6-9,11H2,1-3H3. The van der Waals surface area contributed by atoms with Gasteiger partial charge in [-0.25, -0.2) is 0 Å². The van der Waals surface area contributed by atoms with Crippen molar-refractivity contribution in [3.63, 3.8) is 0 Å². The van der Waals surface area contributed by atoms with Gasteiger partial charge >= 0.3 is 0 Å². The summed E-state index contributed by atoms with van der Waals surface area (Å²) in [5.41, 5.74) is 1.27. The molecule has 0 aromatic heterocycles. The molecule has 2 rings (SSSR count). The Morgan fingerprint density at radius 1 is 1.21 bits per heavy atom. The molecule has 19 heavy (non-hydrogen) atoms. The van der Waals surface area contributed by atoms with Crippen LogP contribution in [0.3, 0.4) is 0 Å². The Hall–Kier alpha value is -1.26. The summed E-state index contributed by atoms with van der Waals surface area (Å²) >= 11 is 0. The highest BCUT2D eigenvalue weighted by molar-refractivity contribution is 5.42. The van der Waals surface area contributed by atoms with E-state index in [0.717, 1.165) is 37.7 Å². The lowest BCUT2D eigenvalue weighted by Crippen LogP contribution is -2.28. The van der Waals surface area contributed by atoms with Crippen molar-refractivity contribution in [3.8, 4) is 11.5 Å². The fourth-order valence-electron chi connectivity index (χ4n) is 2.45. The smallest absolute Gasteiger partial charge is 0.161 e. The second-order valence-electron chi connectivity index (χ2n) is 5.11. The largest absolute Gasteiger partial charge is 0.493 e. The summed E-state index contributed by atoms with van der Waals surface area (Å²) in [6.45, 7) is 6.52. The molecule has 0 aliphatic carbocycles. The first-order valence-corrected chi connectivity index (χ1v) is 6.89. The van der Waals surface area contributed by atoms with E-state index >= 15 is 0 Å². The van der Waals surface area contributed by atoms with Gasteiger partial charge in [0.2, 0.25) is 0 Å². The Kier molecular flexibility index (Phi) is 5.05. The van der Waals surface area contributed by atoms with Gasteiger partial charge < -0.3 is 14.8 Å². The molecule has 1 N–H and O–H groups in total. The van der Waals surface area contributed by atoms with Crippen molar-refractivity contribution in [2.45, 2.75) is 25.9 Å². The number of nitrogens with one attached hydrogen (secondary N) is 1. The average molecular weight is 264 g/mol. The summed E-state index contributed by atoms with van der Waals surface area (Å²) in [4.78, 5) is 2.48. The van der Waals surface area contributed by atoms with Crippen LogP contribution in [0.1, 0.15) is 18.9 Å². The molecule has 1 aromatic carbocycles. The van der Waals surface area contributed by atoms with Crippen molar-refractivity contribution in [3.05, 3.63) is 23.8 Å². The van der Waals surface area contributed by atoms with Gasteiger partial charge in [0.1, 0.15) is 0 Å². The maximum Gasteiger partial charge on any atom is 0.161 e. The highest BCUT2D eigenvalue weighted by Gasteiger charge is 2.14. The van der Waals surface area contributed by atoms with Crippen molar-refractivity contribution in [2.24, 2.45) is 0 Å². The van der Waals surface area contributed by atoms with Gasteiger partial charge in [0.05, 0.1) is 14.2 Å². The fourth-order valence-corrected chi connectivity index (χ4v) is 2.45. The van der Waals surface area contributed by atoms with Crippen LogP contribution in [-0.2, 0) is 6.54 Å². The molecular weight excluding hydrogens is 240 g/mol. The molecule has 1 fully saturated rings. The molecule has 0 radical (unpaired) electrons. The van der Waals surface area contributed by atoms with Crippen LogP contribution in [0, 0.1) is 0 Å². The first-order chi connectivity index (χ1) is 9.22. The lowest BCUT2D eigenvalue weighted by molar-refractivity contribution is 0.281. The first kappa shape index (κ1) is 14.2. The summed E-state index contributed by atoms with van der Waals surface area (Å²) in [6, 6.07) is 6.78. The number of nitrogens with zero attached hydrogens (tertiary/aromatic N) is 1. The third-order valence-corrected chi connectivity index (χ3v) is 3.65. The summed E-state index contributed by atoms with van der Waals surface area (Å²) in [7, 11) is 3.35. The minimum absolute atomic E-state index is 0.621. The van der Waals surface area contributed by atoms with Crippen LogP contribution in [-0.4, -0.2) is 44.8 Å². The van der Waals surface area contributed by atoms with E-state index in [1.165, 1.54) is 12.0 Å². The van der Waals surface area contributed by atoms with Crippen molar-refractivity contribution >= 4 is 0 Å². The minimum atomic E-state index is 0.621. The summed E-state index contributed by atoms with van der Waals surface area (Å²) in [5.74, 6) is 1.60. The molecule has 1 heterocycles. The topological polar surface area (TPSA) is 33.7 Å². The van der Waals surface area contributed by atoms with Gasteiger partial charge in [0.15, 0.2) is 11.5 Å². The third-order valence-electron chi connectivity index (χ3n) is 3.65. The van der Waals surface area contributed by atoms with Crippen LogP contribution in [0.5, 0.6) is 11.5 Å². The van der Waals surface area contributed by atoms with Gasteiger partial charge in [0, 0.05) is 32.2 Å². The van der Waals surface area contributed by atoms with E-state index in [2.05, 4.69) is 29.3 Å². The molecule has 0 saturated carbocycles. The lowest BCUT2D eigenvalue weighted by atomic mass is 10.1. The van der Waals surface area contributed by atoms with Gasteiger partial charge in [-0.3, -0.25) is 4.90 Å². The monoisotopic (exact) mass is 264 g/mol. The van der Waals surface area contributed by atoms with Crippen LogP contribution in [0.4, 0.5) is 0 Å². The molecule has 1 aliphatic heterocycles. The second-order valence-corrected chi connectivity index (χ2v) is 5.11. The Morgan fingerprint density at radius 2 is 2.00 bits per heavy atom. The summed E-state index contributed by atoms with van der Waals surface area (Å²) in [6.07, 6.45) is 1.20. The second kappa shape index (κ2) is 6.78. The Morgan fingerprint density at radius 3 is 2.74 bits per heavy atom. The van der Waals surface area contributed by atoms with Gasteiger partial charge in [-0.05, 0) is 31.0 Å². The molecular formula is C15H24N2O2. The zero-order valence-electron chi connectivity index (χ0n) is 12.1. The zero-order chi connectivity index (χ0) is 13.7. The summed E-state index contributed by atoms with van der Waals surface area (Å²) in [5, 5.41) is 3.51. The SMILES string of the molecule is COc1ccc(CN2CCNC(C)CC2)cc1OC. The molecule has 0 amide bonds. The number of hydrogen-bond acceptors (Lipinski definition) is 4. The molecule has 1 saturated heterocycles. The van der Waals surface area contributed by atoms with Crippen molar-refractivity contribution in [1.29, 1.82) is 0 Å². The molecule has 1 atom stereocenters. The highest BCUT2D eigenvalue weighted by Crippen LogP contribution is 2.28. The summed E-state index contributed by atoms with van der Waals surface area (Å²) < 4.78 is 10.6. The maximum absolute atomic E-state index is 5.35. The van der Waals surface area contributed by atoms with Gasteiger partial charge in [-0.1, -0.05) is 6.07 Å². The molecule has 1 aromatic rings. The van der Waals surface area contributed by atoms with Crippen LogP contribution in [0.2, 0.25) is 0 Å². The van der Waals surface area contributed by atoms with Crippen LogP contribution in [0.15, 0.2) is 18.2 Å². The van der Waals surface area contributed by atoms with Gasteiger partial charge in [0.25, 0.3) is 0 Å². The number of methoxy groups -OCH3 is 2. The zero-order valence-corrected chi connectivity index (χ0v) is 12.1. The quantitative estimate of drug-likeness (QED) is 0.900.